The van der Waals surface area contributed by atoms with Gasteiger partial charge in [-0.3, -0.25) is 24.0 Å². The van der Waals surface area contributed by atoms with E-state index in [1.165, 1.54) is 19.1 Å². The van der Waals surface area contributed by atoms with E-state index >= 15 is 4.79 Å². The Balaban J connectivity index is 1.21. The summed E-state index contributed by atoms with van der Waals surface area (Å²) < 4.78 is 37.7. The van der Waals surface area contributed by atoms with Gasteiger partial charge in [-0.25, -0.2) is 9.59 Å². The van der Waals surface area contributed by atoms with Crippen LogP contribution in [0, 0.1) is 22.7 Å². The molecular weight excluding hydrogens is 1080 g/mol. The number of Topliss-reactive ketones (excluding diaryl/α,β-unsaturated/α-hetero) is 1. The summed E-state index contributed by atoms with van der Waals surface area (Å²) >= 11 is 0. The van der Waals surface area contributed by atoms with Crippen molar-refractivity contribution in [1.82, 2.24) is 5.32 Å². The third-order valence-corrected chi connectivity index (χ3v) is 16.8. The Morgan fingerprint density at radius 2 is 1.24 bits per heavy atom. The monoisotopic (exact) mass is 1160 g/mol. The predicted octanol–water partition coefficient (Wildman–Crippen LogP) is 11.0. The zero-order valence-electron chi connectivity index (χ0n) is 49.7. The van der Waals surface area contributed by atoms with Crippen LogP contribution in [0.2, 0.25) is 0 Å². The maximum absolute atomic E-state index is 16.3. The molecule has 2 saturated carbocycles. The first-order valence-electron chi connectivity index (χ1n) is 29.4. The Morgan fingerprint density at radius 3 is 1.75 bits per heavy atom. The van der Waals surface area contributed by atoms with Gasteiger partial charge in [0, 0.05) is 50.0 Å². The van der Waals surface area contributed by atoms with Crippen LogP contribution in [0.25, 0.3) is 0 Å². The molecule has 4 aliphatic rings. The van der Waals surface area contributed by atoms with Gasteiger partial charge < -0.3 is 44.0 Å². The number of nitrogens with one attached hydrogen (secondary N) is 1. The summed E-state index contributed by atoms with van der Waals surface area (Å²) in [7, 11) is 0. The minimum atomic E-state index is -2.47. The van der Waals surface area contributed by atoms with E-state index in [0.717, 1.165) is 46.0 Å². The van der Waals surface area contributed by atoms with Crippen molar-refractivity contribution in [3.05, 3.63) is 192 Å². The van der Waals surface area contributed by atoms with Crippen LogP contribution in [0.15, 0.2) is 175 Å². The lowest BCUT2D eigenvalue weighted by Crippen LogP contribution is -2.81. The third-order valence-electron chi connectivity index (χ3n) is 16.8. The lowest BCUT2D eigenvalue weighted by atomic mass is 9.45. The molecule has 0 spiro atoms. The molecule has 0 radical (unpaired) electrons. The number of hydrogen-bond donors (Lipinski definition) is 3. The molecule has 452 valence electrons. The fraction of sp³-hybridized carbons (Fsp3) is 0.435. The van der Waals surface area contributed by atoms with Crippen LogP contribution in [0.1, 0.15) is 145 Å². The van der Waals surface area contributed by atoms with E-state index in [2.05, 4.69) is 66.9 Å². The highest BCUT2D eigenvalue weighted by Crippen LogP contribution is 2.65. The summed E-state index contributed by atoms with van der Waals surface area (Å²) in [6, 6.07) is 23.0. The van der Waals surface area contributed by atoms with Gasteiger partial charge in [0.25, 0.3) is 5.91 Å². The summed E-state index contributed by atoms with van der Waals surface area (Å²) in [5.41, 5.74) is -7.59. The summed E-state index contributed by atoms with van der Waals surface area (Å²) in [4.78, 5) is 100. The van der Waals surface area contributed by atoms with Crippen molar-refractivity contribution < 1.29 is 72.2 Å². The summed E-state index contributed by atoms with van der Waals surface area (Å²) in [5, 5.41) is 28.9. The van der Waals surface area contributed by atoms with Crippen molar-refractivity contribution in [2.45, 2.75) is 160 Å². The largest absolute Gasteiger partial charge is 0.461 e. The lowest BCUT2D eigenvalue weighted by molar-refractivity contribution is -0.346. The molecule has 11 atom stereocenters. The predicted molar refractivity (Wildman–Crippen MR) is 319 cm³/mol. The molecule has 3 aliphatic carbocycles. The fourth-order valence-corrected chi connectivity index (χ4v) is 12.4. The average molecular weight is 1160 g/mol. The molecular formula is C69H81NO15. The standard InChI is InChI=1S/C69H81NO15/c1-8-9-10-11-12-13-14-15-16-17-18-19-20-21-22-23-24-25-35-42-55(73)83-53-43-54-68(45-80-54,85-48(4)72)60-62(84-64(77)51-40-33-28-34-41-51)69(79)44-52(46(2)56(66(69,5)6)59(81-47(3)71)61(75)67(53,60)7)82-65(78)58(74)57(49-36-29-26-30-37-49)70-63(76)50-38-31-27-32-39-50/h9-10,12-13,15-16,18-19,21-22,24-34,36-41,46,52-54,57-58,60,62,74,79H,8,11,14,17,20,23,35,42-45H2,1-7H3,(H,70,76)/t46?,52?,53-,54+,57?,58+,60-,62-,67+,68-,69+/m0/s1. The highest BCUT2D eigenvalue weighted by Gasteiger charge is 2.79. The van der Waals surface area contributed by atoms with E-state index in [0.29, 0.717) is 12.0 Å². The maximum Gasteiger partial charge on any atom is 0.338 e. The molecule has 1 aliphatic heterocycles. The van der Waals surface area contributed by atoms with Gasteiger partial charge in [-0.15, -0.1) is 0 Å². The van der Waals surface area contributed by atoms with Crippen molar-refractivity contribution in [2.75, 3.05) is 6.61 Å². The van der Waals surface area contributed by atoms with E-state index in [1.54, 1.807) is 99.6 Å². The van der Waals surface area contributed by atoms with Crippen LogP contribution in [-0.4, -0.2) is 100 Å². The summed E-state index contributed by atoms with van der Waals surface area (Å²) in [6.45, 7) is 10.2. The van der Waals surface area contributed by atoms with Gasteiger partial charge in [0.1, 0.15) is 30.0 Å². The van der Waals surface area contributed by atoms with Crippen molar-refractivity contribution in [1.29, 1.82) is 0 Å². The molecule has 1 heterocycles. The SMILES string of the molecule is CCC=CCC=CCC=CCC=CCC=CCC=CCCC(=O)O[C@H]1C[C@H]2OC[C@@]2(OC(C)=O)[C@H]2[C@H](OC(=O)c3ccccc3)[C@]3(O)CC(OC(=O)[C@H](O)C(NC(=O)c4ccccc4)c4ccccc4)C(C)C(=C(OC(C)=O)C(=O)[C@]12C)C3(C)C. The number of rotatable bonds is 25. The summed E-state index contributed by atoms with van der Waals surface area (Å²) in [5.74, 6) is -9.46. The number of ether oxygens (including phenoxy) is 6. The van der Waals surface area contributed by atoms with Crippen LogP contribution >= 0.6 is 0 Å². The highest BCUT2D eigenvalue weighted by molar-refractivity contribution is 6.02. The molecule has 7 rings (SSSR count). The average Bonchev–Trinajstić information content (AvgIpc) is 0.693. The summed E-state index contributed by atoms with van der Waals surface area (Å²) in [6.07, 6.45) is 21.5. The number of benzene rings is 3. The van der Waals surface area contributed by atoms with E-state index in [9.17, 15) is 39.0 Å². The molecule has 16 nitrogen and oxygen atoms in total. The Bertz CT molecular complexity index is 3070. The number of fused-ring (bicyclic) bond motifs is 5. The number of amides is 1. The molecule has 3 aromatic carbocycles. The third kappa shape index (κ3) is 14.8. The van der Waals surface area contributed by atoms with Crippen LogP contribution < -0.4 is 5.32 Å². The smallest absolute Gasteiger partial charge is 0.338 e. The Kier molecular flexibility index (Phi) is 22.4. The Hall–Kier alpha value is -7.79. The Labute approximate surface area is 498 Å². The van der Waals surface area contributed by atoms with Gasteiger partial charge in [-0.1, -0.05) is 167 Å². The van der Waals surface area contributed by atoms with E-state index in [4.69, 9.17) is 28.4 Å². The number of aliphatic hydroxyl groups excluding tert-OH is 1. The van der Waals surface area contributed by atoms with Crippen LogP contribution in [0.3, 0.4) is 0 Å². The molecule has 16 heteroatoms. The number of hydrogen-bond acceptors (Lipinski definition) is 15. The second kappa shape index (κ2) is 29.3. The van der Waals surface area contributed by atoms with Crippen molar-refractivity contribution >= 4 is 41.5 Å². The molecule has 0 aromatic heterocycles. The minimum absolute atomic E-state index is 0.0255. The minimum Gasteiger partial charge on any atom is -0.461 e. The molecule has 3 aromatic rings. The molecule has 1 amide bonds. The topological polar surface area (TPSA) is 227 Å². The first kappa shape index (κ1) is 64.8. The lowest BCUT2D eigenvalue weighted by Gasteiger charge is -2.67. The van der Waals surface area contributed by atoms with Gasteiger partial charge in [0.05, 0.1) is 29.5 Å². The van der Waals surface area contributed by atoms with Crippen LogP contribution in [0.5, 0.6) is 0 Å². The molecule has 3 N–H and O–H groups in total. The second-order valence-corrected chi connectivity index (χ2v) is 22.8. The van der Waals surface area contributed by atoms with Gasteiger partial charge in [-0.2, -0.15) is 0 Å². The van der Waals surface area contributed by atoms with E-state index < -0.39 is 124 Å². The van der Waals surface area contributed by atoms with Crippen molar-refractivity contribution in [2.24, 2.45) is 22.7 Å². The normalized spacial score (nSPS) is 27.0. The molecule has 1 saturated heterocycles. The van der Waals surface area contributed by atoms with Gasteiger partial charge >= 0.3 is 29.8 Å². The second-order valence-electron chi connectivity index (χ2n) is 22.8. The Morgan fingerprint density at radius 1 is 0.706 bits per heavy atom. The zero-order chi connectivity index (χ0) is 61.4. The number of carbonyl (C=O) groups excluding carboxylic acids is 7. The number of carbonyl (C=O) groups is 7. The van der Waals surface area contributed by atoms with Gasteiger partial charge in [-0.05, 0) is 87.3 Å². The van der Waals surface area contributed by atoms with Crippen molar-refractivity contribution in [3.63, 3.8) is 0 Å². The molecule has 3 unspecified atom stereocenters. The van der Waals surface area contributed by atoms with Crippen molar-refractivity contribution in [3.8, 4) is 0 Å². The maximum atomic E-state index is 16.3. The number of aliphatic hydroxyl groups is 2. The number of allylic oxidation sites excluding steroid dienone is 13. The molecule has 2 bridgehead atoms. The first-order valence-corrected chi connectivity index (χ1v) is 29.4. The fourth-order valence-electron chi connectivity index (χ4n) is 12.4. The molecule has 85 heavy (non-hydrogen) atoms. The van der Waals surface area contributed by atoms with Crippen LogP contribution in [-0.2, 0) is 52.4 Å². The number of ketones is 1. The van der Waals surface area contributed by atoms with Gasteiger partial charge in [0.2, 0.25) is 5.78 Å². The quantitative estimate of drug-likeness (QED) is 0.0407. The van der Waals surface area contributed by atoms with E-state index in [1.807, 2.05) is 18.2 Å². The zero-order valence-corrected chi connectivity index (χ0v) is 49.7. The highest BCUT2D eigenvalue weighted by atomic mass is 16.6. The van der Waals surface area contributed by atoms with Crippen LogP contribution in [0.4, 0.5) is 0 Å². The molecule has 3 fully saturated rings. The first-order chi connectivity index (χ1) is 40.7. The van der Waals surface area contributed by atoms with E-state index in [-0.39, 0.29) is 42.6 Å². The number of esters is 5. The van der Waals surface area contributed by atoms with Gasteiger partial charge in [0.15, 0.2) is 17.5 Å².